The van der Waals surface area contributed by atoms with Crippen LogP contribution in [-0.4, -0.2) is 29.1 Å². The van der Waals surface area contributed by atoms with Crippen LogP contribution < -0.4 is 16.2 Å². The van der Waals surface area contributed by atoms with E-state index in [1.165, 1.54) is 11.0 Å². The van der Waals surface area contributed by atoms with E-state index in [4.69, 9.17) is 16.2 Å². The predicted octanol–water partition coefficient (Wildman–Crippen LogP) is 3.81. The second-order valence-corrected chi connectivity index (χ2v) is 5.35. The van der Waals surface area contributed by atoms with E-state index in [1.807, 2.05) is 45.0 Å². The van der Waals surface area contributed by atoms with Crippen molar-refractivity contribution in [1.82, 2.24) is 9.88 Å². The van der Waals surface area contributed by atoms with Crippen molar-refractivity contribution < 1.29 is 9.53 Å². The number of nitrogen functional groups attached to an aromatic ring is 2. The van der Waals surface area contributed by atoms with Crippen molar-refractivity contribution in [3.8, 4) is 5.75 Å². The molecule has 25 heavy (non-hydrogen) atoms. The van der Waals surface area contributed by atoms with Crippen LogP contribution in [0.1, 0.15) is 19.4 Å². The van der Waals surface area contributed by atoms with Gasteiger partial charge in [-0.15, -0.1) is 5.11 Å². The highest BCUT2D eigenvalue weighted by Gasteiger charge is 2.16. The van der Waals surface area contributed by atoms with Crippen molar-refractivity contribution in [2.45, 2.75) is 20.8 Å². The fourth-order valence-corrected chi connectivity index (χ4v) is 2.04. The number of amides is 1. The molecule has 2 rings (SSSR count). The SMILES string of the molecule is CCN(CC)C(=O)Oc1cc(/N=N/c2ccc(C)cc2)c(N)nc1N. The van der Waals surface area contributed by atoms with Gasteiger partial charge in [0, 0.05) is 19.2 Å². The maximum Gasteiger partial charge on any atom is 0.415 e. The van der Waals surface area contributed by atoms with Crippen LogP contribution in [0.5, 0.6) is 5.75 Å². The average Bonchev–Trinajstić information content (AvgIpc) is 2.59. The summed E-state index contributed by atoms with van der Waals surface area (Å²) in [5.41, 5.74) is 13.7. The minimum Gasteiger partial charge on any atom is -0.406 e. The Morgan fingerprint density at radius 2 is 1.76 bits per heavy atom. The number of aryl methyl sites for hydroxylation is 1. The van der Waals surface area contributed by atoms with Crippen LogP contribution in [0.4, 0.5) is 27.8 Å². The lowest BCUT2D eigenvalue weighted by Crippen LogP contribution is -2.33. The number of azo groups is 1. The molecule has 0 atom stereocenters. The lowest BCUT2D eigenvalue weighted by molar-refractivity contribution is 0.157. The topological polar surface area (TPSA) is 119 Å². The van der Waals surface area contributed by atoms with E-state index in [1.54, 1.807) is 0 Å². The number of anilines is 2. The summed E-state index contributed by atoms with van der Waals surface area (Å²) in [6, 6.07) is 8.98. The minimum absolute atomic E-state index is 0.0206. The molecule has 0 aliphatic carbocycles. The number of aromatic nitrogens is 1. The number of nitrogens with two attached hydrogens (primary N) is 2. The monoisotopic (exact) mass is 342 g/mol. The molecule has 8 nitrogen and oxygen atoms in total. The molecule has 0 fully saturated rings. The van der Waals surface area contributed by atoms with Gasteiger partial charge in [-0.05, 0) is 32.9 Å². The molecule has 1 heterocycles. The van der Waals surface area contributed by atoms with E-state index in [9.17, 15) is 4.79 Å². The van der Waals surface area contributed by atoms with Gasteiger partial charge in [-0.3, -0.25) is 0 Å². The van der Waals surface area contributed by atoms with E-state index in [-0.39, 0.29) is 23.1 Å². The molecule has 2 aromatic rings. The van der Waals surface area contributed by atoms with Gasteiger partial charge in [-0.1, -0.05) is 17.7 Å². The molecule has 0 aliphatic rings. The maximum atomic E-state index is 12.1. The number of nitrogens with zero attached hydrogens (tertiary/aromatic N) is 4. The Balaban J connectivity index is 2.24. The molecule has 1 amide bonds. The minimum atomic E-state index is -0.510. The number of pyridine rings is 1. The van der Waals surface area contributed by atoms with Crippen molar-refractivity contribution >= 4 is 29.1 Å². The van der Waals surface area contributed by atoms with E-state index in [0.717, 1.165) is 5.56 Å². The van der Waals surface area contributed by atoms with E-state index >= 15 is 0 Å². The van der Waals surface area contributed by atoms with Crippen LogP contribution in [0, 0.1) is 6.92 Å². The lowest BCUT2D eigenvalue weighted by Gasteiger charge is -2.18. The smallest absolute Gasteiger partial charge is 0.406 e. The number of ether oxygens (including phenoxy) is 1. The van der Waals surface area contributed by atoms with Crippen LogP contribution >= 0.6 is 0 Å². The van der Waals surface area contributed by atoms with Gasteiger partial charge in [-0.2, -0.15) is 5.11 Å². The third-order valence-corrected chi connectivity index (χ3v) is 3.55. The van der Waals surface area contributed by atoms with Crippen molar-refractivity contribution in [1.29, 1.82) is 0 Å². The van der Waals surface area contributed by atoms with Crippen LogP contribution in [-0.2, 0) is 0 Å². The standard InChI is InChI=1S/C17H22N6O2/c1-4-23(5-2)17(24)25-14-10-13(15(18)20-16(14)19)22-21-12-8-6-11(3)7-9-12/h6-10H,4-5H2,1-3H3,(H4,18,19,20)/b22-21+. The zero-order valence-corrected chi connectivity index (χ0v) is 14.6. The highest BCUT2D eigenvalue weighted by atomic mass is 16.6. The fraction of sp³-hybridized carbons (Fsp3) is 0.294. The summed E-state index contributed by atoms with van der Waals surface area (Å²) >= 11 is 0. The molecule has 4 N–H and O–H groups in total. The van der Waals surface area contributed by atoms with Gasteiger partial charge in [0.1, 0.15) is 5.69 Å². The van der Waals surface area contributed by atoms with Gasteiger partial charge in [0.05, 0.1) is 5.69 Å². The first-order chi connectivity index (χ1) is 11.9. The third-order valence-electron chi connectivity index (χ3n) is 3.55. The largest absolute Gasteiger partial charge is 0.415 e. The van der Waals surface area contributed by atoms with Crippen LogP contribution in [0.15, 0.2) is 40.6 Å². The molecule has 0 saturated carbocycles. The molecular formula is C17H22N6O2. The summed E-state index contributed by atoms with van der Waals surface area (Å²) in [7, 11) is 0. The van der Waals surface area contributed by atoms with Gasteiger partial charge in [0.2, 0.25) is 0 Å². The number of carbonyl (C=O) groups is 1. The Hall–Kier alpha value is -3.16. The number of hydrogen-bond acceptors (Lipinski definition) is 7. The van der Waals surface area contributed by atoms with Gasteiger partial charge in [0.15, 0.2) is 17.4 Å². The van der Waals surface area contributed by atoms with E-state index in [0.29, 0.717) is 18.8 Å². The van der Waals surface area contributed by atoms with E-state index in [2.05, 4.69) is 15.2 Å². The molecule has 1 aromatic heterocycles. The summed E-state index contributed by atoms with van der Waals surface area (Å²) in [5, 5.41) is 8.19. The van der Waals surface area contributed by atoms with Gasteiger partial charge in [-0.25, -0.2) is 9.78 Å². The summed E-state index contributed by atoms with van der Waals surface area (Å²) in [4.78, 5) is 17.6. The Morgan fingerprint density at radius 1 is 1.12 bits per heavy atom. The van der Waals surface area contributed by atoms with E-state index < -0.39 is 6.09 Å². The first kappa shape index (κ1) is 18.2. The first-order valence-corrected chi connectivity index (χ1v) is 7.95. The molecule has 0 radical (unpaired) electrons. The summed E-state index contributed by atoms with van der Waals surface area (Å²) in [6.45, 7) is 6.75. The van der Waals surface area contributed by atoms with Crippen LogP contribution in [0.3, 0.4) is 0 Å². The Bertz CT molecular complexity index is 769. The van der Waals surface area contributed by atoms with Crippen LogP contribution in [0.2, 0.25) is 0 Å². The number of rotatable bonds is 5. The molecule has 132 valence electrons. The van der Waals surface area contributed by atoms with Crippen LogP contribution in [0.25, 0.3) is 0 Å². The molecule has 8 heteroatoms. The highest BCUT2D eigenvalue weighted by Crippen LogP contribution is 2.31. The van der Waals surface area contributed by atoms with Crippen molar-refractivity contribution in [2.75, 3.05) is 24.6 Å². The summed E-state index contributed by atoms with van der Waals surface area (Å²) in [6.07, 6.45) is -0.510. The maximum absolute atomic E-state index is 12.1. The highest BCUT2D eigenvalue weighted by molar-refractivity contribution is 5.75. The van der Waals surface area contributed by atoms with Gasteiger partial charge >= 0.3 is 6.09 Å². The Labute approximate surface area is 146 Å². The third kappa shape index (κ3) is 4.66. The summed E-state index contributed by atoms with van der Waals surface area (Å²) < 4.78 is 5.29. The molecular weight excluding hydrogens is 320 g/mol. The zero-order chi connectivity index (χ0) is 18.4. The fourth-order valence-electron chi connectivity index (χ4n) is 2.04. The number of carbonyl (C=O) groups excluding carboxylic acids is 1. The molecule has 1 aromatic carbocycles. The van der Waals surface area contributed by atoms with Crippen molar-refractivity contribution in [2.24, 2.45) is 10.2 Å². The molecule has 0 unspecified atom stereocenters. The second-order valence-electron chi connectivity index (χ2n) is 5.35. The number of hydrogen-bond donors (Lipinski definition) is 2. The van der Waals surface area contributed by atoms with Gasteiger partial charge < -0.3 is 21.1 Å². The molecule has 0 saturated heterocycles. The molecule has 0 spiro atoms. The normalized spacial score (nSPS) is 10.8. The number of benzene rings is 1. The predicted molar refractivity (Wildman–Crippen MR) is 97.4 cm³/mol. The second kappa shape index (κ2) is 8.09. The average molecular weight is 342 g/mol. The van der Waals surface area contributed by atoms with Crippen molar-refractivity contribution in [3.63, 3.8) is 0 Å². The molecule has 0 bridgehead atoms. The van der Waals surface area contributed by atoms with Crippen molar-refractivity contribution in [3.05, 3.63) is 35.9 Å². The Morgan fingerprint density at radius 3 is 2.36 bits per heavy atom. The zero-order valence-electron chi connectivity index (χ0n) is 14.6. The molecule has 0 aliphatic heterocycles. The Kier molecular flexibility index (Phi) is 5.89. The quantitative estimate of drug-likeness (QED) is 0.801. The van der Waals surface area contributed by atoms with Gasteiger partial charge in [0.25, 0.3) is 0 Å². The summed E-state index contributed by atoms with van der Waals surface area (Å²) in [5.74, 6) is 0.229. The first-order valence-electron chi connectivity index (χ1n) is 7.95. The lowest BCUT2D eigenvalue weighted by atomic mass is 10.2.